The summed E-state index contributed by atoms with van der Waals surface area (Å²) >= 11 is 0. The average molecular weight is 727 g/mol. The molecular formula is C55H38N2. The van der Waals surface area contributed by atoms with Crippen molar-refractivity contribution in [2.24, 2.45) is 0 Å². The third-order valence-corrected chi connectivity index (χ3v) is 12.4. The lowest BCUT2D eigenvalue weighted by Gasteiger charge is -2.14. The van der Waals surface area contributed by atoms with E-state index in [0.717, 1.165) is 24.9 Å². The molecule has 268 valence electrons. The Morgan fingerprint density at radius 1 is 0.351 bits per heavy atom. The van der Waals surface area contributed by atoms with Crippen LogP contribution in [0.4, 0.5) is 0 Å². The maximum absolute atomic E-state index is 2.48. The molecule has 2 heteroatoms. The molecule has 2 aliphatic carbocycles. The Balaban J connectivity index is 1.02. The first-order valence-electron chi connectivity index (χ1n) is 20.1. The second kappa shape index (κ2) is 12.7. The summed E-state index contributed by atoms with van der Waals surface area (Å²) in [5.74, 6) is 0. The maximum Gasteiger partial charge on any atom is 0.0547 e. The number of allylic oxidation sites excluding steroid dienone is 3. The molecule has 2 heterocycles. The Bertz CT molecular complexity index is 3330. The van der Waals surface area contributed by atoms with Crippen LogP contribution in [0, 0.1) is 0 Å². The Morgan fingerprint density at radius 2 is 0.930 bits per heavy atom. The van der Waals surface area contributed by atoms with Crippen molar-refractivity contribution in [2.75, 3.05) is 0 Å². The minimum absolute atomic E-state index is 0.927. The number of benzene rings is 8. The van der Waals surface area contributed by atoms with E-state index in [1.807, 2.05) is 0 Å². The predicted molar refractivity (Wildman–Crippen MR) is 244 cm³/mol. The molecule has 0 bridgehead atoms. The van der Waals surface area contributed by atoms with Gasteiger partial charge in [-0.05, 0) is 140 Å². The van der Waals surface area contributed by atoms with Gasteiger partial charge >= 0.3 is 0 Å². The molecule has 0 amide bonds. The van der Waals surface area contributed by atoms with Crippen LogP contribution in [-0.4, -0.2) is 9.13 Å². The molecule has 2 nitrogen and oxygen atoms in total. The third kappa shape index (κ3) is 4.97. The van der Waals surface area contributed by atoms with Crippen LogP contribution in [0.3, 0.4) is 0 Å². The molecule has 2 aromatic heterocycles. The van der Waals surface area contributed by atoms with Gasteiger partial charge in [0.25, 0.3) is 0 Å². The van der Waals surface area contributed by atoms with Gasteiger partial charge in [-0.1, -0.05) is 133 Å². The summed E-state index contributed by atoms with van der Waals surface area (Å²) in [6.07, 6.45) is 16.9. The highest BCUT2D eigenvalue weighted by Crippen LogP contribution is 2.41. The average Bonchev–Trinajstić information content (AvgIpc) is 3.65. The van der Waals surface area contributed by atoms with E-state index in [0.29, 0.717) is 0 Å². The molecule has 10 aromatic rings. The molecule has 0 radical (unpaired) electrons. The van der Waals surface area contributed by atoms with Crippen LogP contribution >= 0.6 is 0 Å². The molecule has 0 saturated heterocycles. The summed E-state index contributed by atoms with van der Waals surface area (Å²) in [5.41, 5.74) is 15.0. The Kier molecular flexibility index (Phi) is 7.15. The van der Waals surface area contributed by atoms with Crippen molar-refractivity contribution in [3.05, 3.63) is 198 Å². The van der Waals surface area contributed by atoms with E-state index >= 15 is 0 Å². The number of rotatable bonds is 4. The van der Waals surface area contributed by atoms with Crippen molar-refractivity contribution in [1.29, 1.82) is 0 Å². The van der Waals surface area contributed by atoms with Crippen LogP contribution in [0.5, 0.6) is 0 Å². The van der Waals surface area contributed by atoms with Gasteiger partial charge < -0.3 is 9.13 Å². The Hall–Kier alpha value is -7.16. The van der Waals surface area contributed by atoms with Gasteiger partial charge in [0.15, 0.2) is 0 Å². The zero-order valence-corrected chi connectivity index (χ0v) is 31.5. The molecule has 57 heavy (non-hydrogen) atoms. The fraction of sp³-hybridized carbons (Fsp3) is 0.0545. The molecule has 0 N–H and O–H groups in total. The van der Waals surface area contributed by atoms with Gasteiger partial charge in [-0.15, -0.1) is 0 Å². The lowest BCUT2D eigenvalue weighted by molar-refractivity contribution is 0.967. The molecule has 0 spiro atoms. The van der Waals surface area contributed by atoms with Crippen molar-refractivity contribution in [1.82, 2.24) is 9.13 Å². The number of nitrogens with zero attached hydrogens (tertiary/aromatic N) is 2. The molecule has 8 aromatic carbocycles. The molecule has 0 unspecified atom stereocenters. The van der Waals surface area contributed by atoms with Gasteiger partial charge in [0.05, 0.1) is 16.7 Å². The molecule has 0 atom stereocenters. The number of hydrogen-bond acceptors (Lipinski definition) is 0. The Labute approximate surface area is 331 Å². The van der Waals surface area contributed by atoms with Crippen molar-refractivity contribution in [3.8, 4) is 33.6 Å². The SMILES string of the molecule is C1=Cc2c(n(-c3cccc(-c4ccc5c6ccccc6c6ccccc6c5c4)c3)c3cc(-c4ccc5c(c4)c4c(n5-c5ccccc5)C=CCC4)ccc23)C=CC1. The normalized spacial score (nSPS) is 13.5. The van der Waals surface area contributed by atoms with Gasteiger partial charge in [0.1, 0.15) is 0 Å². The van der Waals surface area contributed by atoms with Crippen molar-refractivity contribution >= 4 is 72.4 Å². The van der Waals surface area contributed by atoms with Crippen molar-refractivity contribution < 1.29 is 0 Å². The lowest BCUT2D eigenvalue weighted by atomic mass is 9.92. The second-order valence-electron chi connectivity index (χ2n) is 15.5. The van der Waals surface area contributed by atoms with E-state index in [4.69, 9.17) is 0 Å². The molecule has 12 rings (SSSR count). The summed E-state index contributed by atoms with van der Waals surface area (Å²) in [5, 5.41) is 10.4. The van der Waals surface area contributed by atoms with Crippen LogP contribution < -0.4 is 0 Å². The molecule has 0 fully saturated rings. The summed E-state index contributed by atoms with van der Waals surface area (Å²) in [4.78, 5) is 0. The zero-order valence-electron chi connectivity index (χ0n) is 31.5. The number of aryl methyl sites for hydroxylation is 1. The Morgan fingerprint density at radius 3 is 1.72 bits per heavy atom. The van der Waals surface area contributed by atoms with Gasteiger partial charge in [0, 0.05) is 33.4 Å². The van der Waals surface area contributed by atoms with Gasteiger partial charge in [-0.3, -0.25) is 0 Å². The highest BCUT2D eigenvalue weighted by atomic mass is 15.0. The maximum atomic E-state index is 2.48. The van der Waals surface area contributed by atoms with Crippen LogP contribution in [0.15, 0.2) is 176 Å². The van der Waals surface area contributed by atoms with E-state index in [2.05, 4.69) is 203 Å². The highest BCUT2D eigenvalue weighted by Gasteiger charge is 2.21. The monoisotopic (exact) mass is 726 g/mol. The van der Waals surface area contributed by atoms with Crippen LogP contribution in [-0.2, 0) is 6.42 Å². The van der Waals surface area contributed by atoms with Crippen LogP contribution in [0.2, 0.25) is 0 Å². The minimum atomic E-state index is 0.927. The highest BCUT2D eigenvalue weighted by molar-refractivity contribution is 6.25. The summed E-state index contributed by atoms with van der Waals surface area (Å²) in [6, 6.07) is 58.7. The molecule has 0 aliphatic heterocycles. The topological polar surface area (TPSA) is 9.86 Å². The first-order valence-corrected chi connectivity index (χ1v) is 20.1. The smallest absolute Gasteiger partial charge is 0.0547 e. The zero-order chi connectivity index (χ0) is 37.5. The number of para-hydroxylation sites is 1. The largest absolute Gasteiger partial charge is 0.310 e. The summed E-state index contributed by atoms with van der Waals surface area (Å²) in [6.45, 7) is 0. The fourth-order valence-electron chi connectivity index (χ4n) is 9.76. The third-order valence-electron chi connectivity index (χ3n) is 12.4. The van der Waals surface area contributed by atoms with Crippen LogP contribution in [0.1, 0.15) is 35.4 Å². The standard InChI is InChI=1S/C55H38N2/c1-3-15-40(16-4-1)56-53-25-12-11-23-48(53)51-34-38(28-31-54(51)56)39-27-30-49-47-22-5-2-6-24-52(47)57(55(49)35-39)41-17-13-14-36(32-41)37-26-29-46-44-20-8-7-18-42(44)43-19-9-10-21-45(43)50(46)33-37/h1,3-10,12-22,24-35H,2,11,23H2. The molecular weight excluding hydrogens is 689 g/mol. The number of fused-ring (bicyclic) bond motifs is 12. The fourth-order valence-corrected chi connectivity index (χ4v) is 9.76. The first-order chi connectivity index (χ1) is 28.3. The summed E-state index contributed by atoms with van der Waals surface area (Å²) in [7, 11) is 0. The van der Waals surface area contributed by atoms with E-state index in [9.17, 15) is 0 Å². The molecule has 2 aliphatic rings. The first kappa shape index (κ1) is 32.1. The van der Waals surface area contributed by atoms with Crippen molar-refractivity contribution in [3.63, 3.8) is 0 Å². The van der Waals surface area contributed by atoms with Gasteiger partial charge in [-0.25, -0.2) is 0 Å². The second-order valence-corrected chi connectivity index (χ2v) is 15.5. The molecule has 0 saturated carbocycles. The van der Waals surface area contributed by atoms with Gasteiger partial charge in [0.2, 0.25) is 0 Å². The van der Waals surface area contributed by atoms with E-state index in [1.54, 1.807) is 0 Å². The van der Waals surface area contributed by atoms with Crippen LogP contribution in [0.25, 0.3) is 106 Å². The van der Waals surface area contributed by atoms with E-state index in [-0.39, 0.29) is 0 Å². The summed E-state index contributed by atoms with van der Waals surface area (Å²) < 4.78 is 4.91. The predicted octanol–water partition coefficient (Wildman–Crippen LogP) is 14.8. The van der Waals surface area contributed by atoms with Crippen molar-refractivity contribution in [2.45, 2.75) is 19.3 Å². The quantitative estimate of drug-likeness (QED) is 0.160. The van der Waals surface area contributed by atoms with E-state index < -0.39 is 0 Å². The minimum Gasteiger partial charge on any atom is -0.310 e. The van der Waals surface area contributed by atoms with E-state index in [1.165, 1.54) is 105 Å². The number of hydrogen-bond donors (Lipinski definition) is 0. The number of aromatic nitrogens is 2. The lowest BCUT2D eigenvalue weighted by Crippen LogP contribution is -1.99. The van der Waals surface area contributed by atoms with Gasteiger partial charge in [-0.2, -0.15) is 0 Å².